The van der Waals surface area contributed by atoms with Crippen LogP contribution in [0.1, 0.15) is 5.56 Å². The largest absolute Gasteiger partial charge is 0.506 e. The minimum absolute atomic E-state index is 0.0470. The zero-order valence-electron chi connectivity index (χ0n) is 29.8. The van der Waals surface area contributed by atoms with Gasteiger partial charge in [-0.25, -0.2) is 0 Å². The number of hydrogen-bond donors (Lipinski definition) is 2. The van der Waals surface area contributed by atoms with Gasteiger partial charge in [0.05, 0.1) is 0 Å². The van der Waals surface area contributed by atoms with Crippen LogP contribution in [-0.2, 0) is 0 Å². The molecule has 55 heavy (non-hydrogen) atoms. The summed E-state index contributed by atoms with van der Waals surface area (Å²) in [6.07, 6.45) is 0. The second-order valence-electron chi connectivity index (χ2n) is 14.1. The summed E-state index contributed by atoms with van der Waals surface area (Å²) in [5.41, 5.74) is 13.0. The van der Waals surface area contributed by atoms with Crippen LogP contribution in [0.25, 0.3) is 99.1 Å². The number of fused-ring (bicyclic) bond motifs is 5. The number of hydrogen-bond acceptors (Lipinski definition) is 3. The molecule has 1 heterocycles. The Balaban J connectivity index is 1.16. The molecule has 262 valence electrons. The molecular weight excluding hydrogens is 696 g/mol. The van der Waals surface area contributed by atoms with E-state index in [1.807, 2.05) is 31.2 Å². The summed E-state index contributed by atoms with van der Waals surface area (Å²) in [6.45, 7) is 1.83. The molecule has 0 amide bonds. The van der Waals surface area contributed by atoms with E-state index in [0.29, 0.717) is 5.56 Å². The molecule has 2 N–H and O–H groups in total. The van der Waals surface area contributed by atoms with Gasteiger partial charge in [0.15, 0.2) is 0 Å². The van der Waals surface area contributed by atoms with Crippen LogP contribution in [0.15, 0.2) is 174 Å². The molecule has 3 nitrogen and oxygen atoms in total. The van der Waals surface area contributed by atoms with Gasteiger partial charge < -0.3 is 14.6 Å². The van der Waals surface area contributed by atoms with Crippen molar-refractivity contribution in [3.8, 4) is 67.1 Å². The lowest BCUT2D eigenvalue weighted by atomic mass is 9.84. The molecule has 4 heteroatoms. The Labute approximate surface area is 322 Å². The van der Waals surface area contributed by atoms with Crippen LogP contribution < -0.4 is 0 Å². The standard InChI is InChI=1S/C51H33ClO3/c1-30-43(29-44(53)50(52)51(30)54)48-39-21-9-7-19-37(39)47(38-20-8-10-22-40(38)48)42-23-12-24-45-49(42)41-26-25-33(28-46(41)55-45)32-15-11-16-34(27-32)36-18-6-5-17-35(36)31-13-3-2-4-14-31/h2-29,53-54H,1H3. The normalized spacial score (nSPS) is 11.6. The number of benzene rings is 9. The average Bonchev–Trinajstić information content (AvgIpc) is 3.62. The summed E-state index contributed by atoms with van der Waals surface area (Å²) in [4.78, 5) is 0. The zero-order valence-corrected chi connectivity index (χ0v) is 30.6. The van der Waals surface area contributed by atoms with E-state index < -0.39 is 0 Å². The average molecular weight is 729 g/mol. The SMILES string of the molecule is Cc1c(-c2c3ccccc3c(-c3cccc4oc5cc(-c6cccc(-c7ccccc7-c7ccccc7)c6)ccc5c34)c3ccccc23)cc(O)c(Cl)c1O. The number of furan rings is 1. The van der Waals surface area contributed by atoms with Crippen molar-refractivity contribution in [1.82, 2.24) is 0 Å². The third kappa shape index (κ3) is 5.27. The number of rotatable bonds is 5. The topological polar surface area (TPSA) is 53.6 Å². The lowest BCUT2D eigenvalue weighted by molar-refractivity contribution is 0.449. The van der Waals surface area contributed by atoms with Gasteiger partial charge in [-0.1, -0.05) is 151 Å². The highest BCUT2D eigenvalue weighted by atomic mass is 35.5. The number of aromatic hydroxyl groups is 2. The summed E-state index contributed by atoms with van der Waals surface area (Å²) < 4.78 is 6.67. The molecule has 0 fully saturated rings. The van der Waals surface area contributed by atoms with E-state index in [4.69, 9.17) is 16.0 Å². The molecule has 0 radical (unpaired) electrons. The molecule has 0 aliphatic rings. The number of phenolic OH excluding ortho intramolecular Hbond substituents is 2. The molecule has 9 aromatic carbocycles. The second-order valence-corrected chi connectivity index (χ2v) is 14.4. The predicted octanol–water partition coefficient (Wildman–Crippen LogP) is 14.6. The van der Waals surface area contributed by atoms with E-state index in [2.05, 4.69) is 140 Å². The Kier molecular flexibility index (Phi) is 7.72. The van der Waals surface area contributed by atoms with Crippen molar-refractivity contribution in [2.75, 3.05) is 0 Å². The molecule has 0 saturated carbocycles. The first-order chi connectivity index (χ1) is 27.0. The van der Waals surface area contributed by atoms with Crippen molar-refractivity contribution in [3.63, 3.8) is 0 Å². The van der Waals surface area contributed by atoms with Gasteiger partial charge in [-0.15, -0.1) is 0 Å². The maximum Gasteiger partial charge on any atom is 0.141 e. The van der Waals surface area contributed by atoms with Crippen molar-refractivity contribution >= 4 is 55.1 Å². The van der Waals surface area contributed by atoms with Gasteiger partial charge in [-0.3, -0.25) is 0 Å². The maximum atomic E-state index is 10.9. The van der Waals surface area contributed by atoms with Crippen LogP contribution in [0.3, 0.4) is 0 Å². The molecule has 0 unspecified atom stereocenters. The smallest absolute Gasteiger partial charge is 0.141 e. The minimum atomic E-state index is -0.158. The Hall–Kier alpha value is -6.81. The van der Waals surface area contributed by atoms with Gasteiger partial charge in [0, 0.05) is 16.3 Å². The van der Waals surface area contributed by atoms with Crippen LogP contribution in [-0.4, -0.2) is 10.2 Å². The van der Waals surface area contributed by atoms with Crippen LogP contribution in [0.2, 0.25) is 5.02 Å². The highest BCUT2D eigenvalue weighted by Crippen LogP contribution is 2.50. The fourth-order valence-corrected chi connectivity index (χ4v) is 8.57. The molecule has 0 aliphatic carbocycles. The van der Waals surface area contributed by atoms with E-state index >= 15 is 0 Å². The third-order valence-electron chi connectivity index (χ3n) is 11.0. The quantitative estimate of drug-likeness (QED) is 0.174. The van der Waals surface area contributed by atoms with E-state index in [1.54, 1.807) is 6.07 Å². The van der Waals surface area contributed by atoms with Crippen LogP contribution >= 0.6 is 11.6 Å². The lowest BCUT2D eigenvalue weighted by Gasteiger charge is -2.20. The molecule has 10 aromatic rings. The number of halogens is 1. The molecule has 0 saturated heterocycles. The van der Waals surface area contributed by atoms with Gasteiger partial charge in [-0.05, 0) is 114 Å². The summed E-state index contributed by atoms with van der Waals surface area (Å²) in [5.74, 6) is -0.277. The summed E-state index contributed by atoms with van der Waals surface area (Å²) in [5, 5.41) is 27.8. The molecular formula is C51H33ClO3. The van der Waals surface area contributed by atoms with Crippen molar-refractivity contribution in [2.45, 2.75) is 6.92 Å². The van der Waals surface area contributed by atoms with E-state index in [1.165, 1.54) is 16.7 Å². The van der Waals surface area contributed by atoms with Crippen molar-refractivity contribution in [3.05, 3.63) is 180 Å². The van der Waals surface area contributed by atoms with Gasteiger partial charge in [-0.2, -0.15) is 0 Å². The minimum Gasteiger partial charge on any atom is -0.506 e. The second kappa shape index (κ2) is 12.9. The van der Waals surface area contributed by atoms with Crippen molar-refractivity contribution in [1.29, 1.82) is 0 Å². The van der Waals surface area contributed by atoms with Gasteiger partial charge in [0.1, 0.15) is 27.7 Å². The van der Waals surface area contributed by atoms with Gasteiger partial charge in [0.2, 0.25) is 0 Å². The number of phenols is 2. The van der Waals surface area contributed by atoms with Gasteiger partial charge >= 0.3 is 0 Å². The summed E-state index contributed by atoms with van der Waals surface area (Å²) in [6, 6.07) is 59.0. The summed E-state index contributed by atoms with van der Waals surface area (Å²) in [7, 11) is 0. The van der Waals surface area contributed by atoms with Gasteiger partial charge in [0.25, 0.3) is 0 Å². The molecule has 0 aliphatic heterocycles. The maximum absolute atomic E-state index is 10.9. The van der Waals surface area contributed by atoms with E-state index in [9.17, 15) is 10.2 Å². The van der Waals surface area contributed by atoms with Crippen LogP contribution in [0.5, 0.6) is 11.5 Å². The van der Waals surface area contributed by atoms with E-state index in [0.717, 1.165) is 82.4 Å². The molecule has 0 atom stereocenters. The predicted molar refractivity (Wildman–Crippen MR) is 229 cm³/mol. The van der Waals surface area contributed by atoms with E-state index in [-0.39, 0.29) is 16.5 Å². The third-order valence-corrected chi connectivity index (χ3v) is 11.3. The first-order valence-electron chi connectivity index (χ1n) is 18.3. The molecule has 0 bridgehead atoms. The first kappa shape index (κ1) is 32.8. The van der Waals surface area contributed by atoms with Crippen LogP contribution in [0, 0.1) is 6.92 Å². The Morgan fingerprint density at radius 2 is 0.945 bits per heavy atom. The fourth-order valence-electron chi connectivity index (χ4n) is 8.37. The fraction of sp³-hybridized carbons (Fsp3) is 0.0196. The first-order valence-corrected chi connectivity index (χ1v) is 18.7. The Bertz CT molecular complexity index is 3080. The molecule has 0 spiro atoms. The lowest BCUT2D eigenvalue weighted by Crippen LogP contribution is -1.93. The Morgan fingerprint density at radius 1 is 0.418 bits per heavy atom. The monoisotopic (exact) mass is 728 g/mol. The Morgan fingerprint density at radius 3 is 1.64 bits per heavy atom. The van der Waals surface area contributed by atoms with Crippen molar-refractivity contribution < 1.29 is 14.6 Å². The molecule has 10 rings (SSSR count). The highest BCUT2D eigenvalue weighted by molar-refractivity contribution is 6.34. The van der Waals surface area contributed by atoms with Crippen molar-refractivity contribution in [2.24, 2.45) is 0 Å². The highest BCUT2D eigenvalue weighted by Gasteiger charge is 2.23. The molecule has 1 aromatic heterocycles. The zero-order chi connectivity index (χ0) is 37.2. The summed E-state index contributed by atoms with van der Waals surface area (Å²) >= 11 is 6.27. The van der Waals surface area contributed by atoms with Crippen LogP contribution in [0.4, 0.5) is 0 Å².